The average molecular weight is 206 g/mol. The standard InChI is InChI=1S/C11H14N2O2/c1-4-8-5-9-10(12-6-8)15-11(14)13(9)7(2)3/h5-7H,4H2,1-3H3. The van der Waals surface area contributed by atoms with Crippen LogP contribution in [0.3, 0.4) is 0 Å². The lowest BCUT2D eigenvalue weighted by Gasteiger charge is -2.05. The third-order valence-electron chi connectivity index (χ3n) is 2.45. The zero-order chi connectivity index (χ0) is 11.0. The van der Waals surface area contributed by atoms with E-state index in [2.05, 4.69) is 11.9 Å². The summed E-state index contributed by atoms with van der Waals surface area (Å²) in [5.74, 6) is -0.333. The summed E-state index contributed by atoms with van der Waals surface area (Å²) in [5.41, 5.74) is 2.32. The Kier molecular flexibility index (Phi) is 2.34. The lowest BCUT2D eigenvalue weighted by Crippen LogP contribution is -2.15. The molecule has 0 spiro atoms. The Morgan fingerprint density at radius 3 is 2.87 bits per heavy atom. The molecular weight excluding hydrogens is 192 g/mol. The van der Waals surface area contributed by atoms with Gasteiger partial charge < -0.3 is 4.42 Å². The predicted octanol–water partition coefficient (Wildman–Crippen LogP) is 2.13. The zero-order valence-corrected chi connectivity index (χ0v) is 9.15. The molecule has 0 aliphatic rings. The summed E-state index contributed by atoms with van der Waals surface area (Å²) in [6.07, 6.45) is 2.65. The first-order chi connectivity index (χ1) is 7.13. The van der Waals surface area contributed by atoms with E-state index in [-0.39, 0.29) is 11.8 Å². The van der Waals surface area contributed by atoms with Crippen LogP contribution in [0.1, 0.15) is 32.4 Å². The normalized spacial score (nSPS) is 11.5. The molecule has 0 aromatic carbocycles. The van der Waals surface area contributed by atoms with Gasteiger partial charge in [0, 0.05) is 12.2 Å². The van der Waals surface area contributed by atoms with Gasteiger partial charge in [0.1, 0.15) is 5.52 Å². The molecule has 0 aliphatic carbocycles. The number of fused-ring (bicyclic) bond motifs is 1. The van der Waals surface area contributed by atoms with Crippen molar-refractivity contribution in [2.75, 3.05) is 0 Å². The number of aromatic nitrogens is 2. The minimum absolute atomic E-state index is 0.0904. The van der Waals surface area contributed by atoms with Gasteiger partial charge in [-0.05, 0) is 31.9 Å². The molecule has 0 N–H and O–H groups in total. The molecule has 4 heteroatoms. The van der Waals surface area contributed by atoms with Crippen LogP contribution >= 0.6 is 0 Å². The van der Waals surface area contributed by atoms with Crippen LogP contribution in [-0.4, -0.2) is 9.55 Å². The Bertz CT molecular complexity index is 537. The van der Waals surface area contributed by atoms with E-state index in [1.807, 2.05) is 19.9 Å². The van der Waals surface area contributed by atoms with E-state index in [1.54, 1.807) is 10.8 Å². The highest BCUT2D eigenvalue weighted by Crippen LogP contribution is 2.16. The van der Waals surface area contributed by atoms with Crippen LogP contribution in [0, 0.1) is 0 Å². The molecular formula is C11H14N2O2. The van der Waals surface area contributed by atoms with Crippen molar-refractivity contribution in [1.29, 1.82) is 0 Å². The van der Waals surface area contributed by atoms with E-state index in [0.29, 0.717) is 5.71 Å². The van der Waals surface area contributed by atoms with E-state index in [9.17, 15) is 4.79 Å². The first-order valence-electron chi connectivity index (χ1n) is 5.13. The summed E-state index contributed by atoms with van der Waals surface area (Å²) >= 11 is 0. The summed E-state index contributed by atoms with van der Waals surface area (Å²) in [4.78, 5) is 15.7. The molecule has 2 heterocycles. The van der Waals surface area contributed by atoms with Gasteiger partial charge in [0.05, 0.1) is 0 Å². The van der Waals surface area contributed by atoms with Crippen LogP contribution in [0.2, 0.25) is 0 Å². The van der Waals surface area contributed by atoms with E-state index in [1.165, 1.54) is 0 Å². The number of rotatable bonds is 2. The molecule has 0 atom stereocenters. The van der Waals surface area contributed by atoms with Crippen molar-refractivity contribution in [2.45, 2.75) is 33.2 Å². The second kappa shape index (κ2) is 3.53. The van der Waals surface area contributed by atoms with Crippen LogP contribution in [-0.2, 0) is 6.42 Å². The van der Waals surface area contributed by atoms with Crippen molar-refractivity contribution in [3.63, 3.8) is 0 Å². The van der Waals surface area contributed by atoms with E-state index in [4.69, 9.17) is 4.42 Å². The number of nitrogens with zero attached hydrogens (tertiary/aromatic N) is 2. The molecule has 0 bridgehead atoms. The fourth-order valence-corrected chi connectivity index (χ4v) is 1.65. The SMILES string of the molecule is CCc1cnc2oc(=O)n(C(C)C)c2c1. The molecule has 0 saturated carbocycles. The Morgan fingerprint density at radius 2 is 2.27 bits per heavy atom. The van der Waals surface area contributed by atoms with Gasteiger partial charge in [-0.15, -0.1) is 0 Å². The fraction of sp³-hybridized carbons (Fsp3) is 0.455. The van der Waals surface area contributed by atoms with Crippen LogP contribution in [0.5, 0.6) is 0 Å². The molecule has 15 heavy (non-hydrogen) atoms. The monoisotopic (exact) mass is 206 g/mol. The van der Waals surface area contributed by atoms with Gasteiger partial charge in [-0.3, -0.25) is 4.57 Å². The van der Waals surface area contributed by atoms with E-state index < -0.39 is 0 Å². The van der Waals surface area contributed by atoms with Crippen molar-refractivity contribution in [3.8, 4) is 0 Å². The highest BCUT2D eigenvalue weighted by Gasteiger charge is 2.12. The van der Waals surface area contributed by atoms with Gasteiger partial charge in [0.2, 0.25) is 5.71 Å². The molecule has 0 aliphatic heterocycles. The molecule has 2 aromatic rings. The van der Waals surface area contributed by atoms with Crippen LogP contribution in [0.15, 0.2) is 21.5 Å². The molecule has 0 saturated heterocycles. The summed E-state index contributed by atoms with van der Waals surface area (Å²) in [5, 5.41) is 0. The summed E-state index contributed by atoms with van der Waals surface area (Å²) in [6, 6.07) is 2.06. The van der Waals surface area contributed by atoms with Crippen molar-refractivity contribution < 1.29 is 4.42 Å². The van der Waals surface area contributed by atoms with Crippen molar-refractivity contribution in [2.24, 2.45) is 0 Å². The summed E-state index contributed by atoms with van der Waals surface area (Å²) < 4.78 is 6.68. The molecule has 2 rings (SSSR count). The van der Waals surface area contributed by atoms with E-state index >= 15 is 0 Å². The molecule has 0 radical (unpaired) electrons. The maximum absolute atomic E-state index is 11.5. The summed E-state index contributed by atoms with van der Waals surface area (Å²) in [7, 11) is 0. The fourth-order valence-electron chi connectivity index (χ4n) is 1.65. The quantitative estimate of drug-likeness (QED) is 0.756. The number of aryl methyl sites for hydroxylation is 1. The third kappa shape index (κ3) is 1.56. The van der Waals surface area contributed by atoms with Gasteiger partial charge in [-0.2, -0.15) is 0 Å². The van der Waals surface area contributed by atoms with Gasteiger partial charge in [-0.25, -0.2) is 9.78 Å². The minimum atomic E-state index is -0.333. The van der Waals surface area contributed by atoms with Crippen molar-refractivity contribution in [3.05, 3.63) is 28.4 Å². The lowest BCUT2D eigenvalue weighted by molar-refractivity contribution is 0.474. The highest BCUT2D eigenvalue weighted by atomic mass is 16.4. The maximum Gasteiger partial charge on any atom is 0.421 e. The largest absolute Gasteiger partial charge is 0.421 e. The zero-order valence-electron chi connectivity index (χ0n) is 9.15. The number of pyridine rings is 1. The van der Waals surface area contributed by atoms with Crippen molar-refractivity contribution >= 4 is 11.2 Å². The minimum Gasteiger partial charge on any atom is -0.389 e. The smallest absolute Gasteiger partial charge is 0.389 e. The Balaban J connectivity index is 2.78. The maximum atomic E-state index is 11.5. The molecule has 4 nitrogen and oxygen atoms in total. The Morgan fingerprint density at radius 1 is 1.53 bits per heavy atom. The first kappa shape index (κ1) is 9.96. The highest BCUT2D eigenvalue weighted by molar-refractivity contribution is 5.69. The Labute approximate surface area is 87.5 Å². The van der Waals surface area contributed by atoms with Crippen LogP contribution in [0.25, 0.3) is 11.2 Å². The number of hydrogen-bond acceptors (Lipinski definition) is 3. The molecule has 0 amide bonds. The molecule has 0 unspecified atom stereocenters. The molecule has 80 valence electrons. The second-order valence-corrected chi connectivity index (χ2v) is 3.85. The van der Waals surface area contributed by atoms with Crippen molar-refractivity contribution in [1.82, 2.24) is 9.55 Å². The van der Waals surface area contributed by atoms with Gasteiger partial charge >= 0.3 is 5.76 Å². The average Bonchev–Trinajstić information content (AvgIpc) is 2.52. The van der Waals surface area contributed by atoms with Crippen LogP contribution in [0.4, 0.5) is 0 Å². The third-order valence-corrected chi connectivity index (χ3v) is 2.45. The van der Waals surface area contributed by atoms with Gasteiger partial charge in [0.15, 0.2) is 0 Å². The van der Waals surface area contributed by atoms with Gasteiger partial charge in [-0.1, -0.05) is 6.92 Å². The second-order valence-electron chi connectivity index (χ2n) is 3.85. The van der Waals surface area contributed by atoms with Crippen LogP contribution < -0.4 is 5.76 Å². The van der Waals surface area contributed by atoms with Gasteiger partial charge in [0.25, 0.3) is 0 Å². The van der Waals surface area contributed by atoms with E-state index in [0.717, 1.165) is 17.5 Å². The molecule has 0 fully saturated rings. The predicted molar refractivity (Wildman–Crippen MR) is 58.0 cm³/mol. The molecule has 2 aromatic heterocycles. The Hall–Kier alpha value is -1.58. The lowest BCUT2D eigenvalue weighted by atomic mass is 10.2. The number of oxazole rings is 1. The first-order valence-corrected chi connectivity index (χ1v) is 5.13. The number of hydrogen-bond donors (Lipinski definition) is 0. The topological polar surface area (TPSA) is 48.0 Å². The summed E-state index contributed by atoms with van der Waals surface area (Å²) in [6.45, 7) is 5.96.